The average Bonchev–Trinajstić information content (AvgIpc) is 2.03. The minimum absolute atomic E-state index is 0.118. The molecule has 13 heavy (non-hydrogen) atoms. The van der Waals surface area contributed by atoms with Gasteiger partial charge in [-0.25, -0.2) is 4.98 Å². The Kier molecular flexibility index (Phi) is 2.60. The summed E-state index contributed by atoms with van der Waals surface area (Å²) in [7, 11) is 0. The summed E-state index contributed by atoms with van der Waals surface area (Å²) in [4.78, 5) is 28.6. The predicted molar refractivity (Wildman–Crippen MR) is 49.0 cm³/mol. The number of nitrogens with one attached hydrogen (secondary N) is 1. The van der Waals surface area contributed by atoms with Crippen LogP contribution in [0.1, 0.15) is 43.0 Å². The fourth-order valence-electron chi connectivity index (χ4n) is 0.930. The van der Waals surface area contributed by atoms with Crippen LogP contribution in [0.3, 0.4) is 0 Å². The molecule has 0 saturated heterocycles. The third kappa shape index (κ3) is 2.24. The maximum atomic E-state index is 11.1. The number of Topliss-reactive ketones (excluding diaryl/α,β-unsaturated/α-hetero) is 1. The van der Waals surface area contributed by atoms with Gasteiger partial charge < -0.3 is 4.98 Å². The molecule has 1 aromatic rings. The van der Waals surface area contributed by atoms with Crippen molar-refractivity contribution in [2.45, 2.75) is 26.7 Å². The lowest BCUT2D eigenvalue weighted by atomic mass is 10.2. The van der Waals surface area contributed by atoms with Gasteiger partial charge in [-0.1, -0.05) is 13.8 Å². The van der Waals surface area contributed by atoms with Crippen molar-refractivity contribution in [1.82, 2.24) is 9.97 Å². The minimum Gasteiger partial charge on any atom is -0.310 e. The van der Waals surface area contributed by atoms with Gasteiger partial charge in [-0.2, -0.15) is 0 Å². The molecular formula is C9H12N2O2. The second-order valence-corrected chi connectivity index (χ2v) is 3.23. The first kappa shape index (κ1) is 9.64. The highest BCUT2D eigenvalue weighted by Crippen LogP contribution is 2.06. The van der Waals surface area contributed by atoms with E-state index in [1.807, 2.05) is 13.8 Å². The molecular weight excluding hydrogens is 168 g/mol. The fraction of sp³-hybridized carbons (Fsp3) is 0.444. The average molecular weight is 180 g/mol. The Bertz CT molecular complexity index is 379. The summed E-state index contributed by atoms with van der Waals surface area (Å²) in [5, 5.41) is 0. The Labute approximate surface area is 76.0 Å². The van der Waals surface area contributed by atoms with E-state index < -0.39 is 0 Å². The molecule has 1 rings (SSSR count). The highest BCUT2D eigenvalue weighted by molar-refractivity contribution is 5.91. The standard InChI is InChI=1S/C9H12N2O2/c1-5(2)9-10-7(6(3)12)4-8(13)11-9/h4-5H,1-3H3,(H,10,11,13). The van der Waals surface area contributed by atoms with Crippen LogP contribution in [0.5, 0.6) is 0 Å². The lowest BCUT2D eigenvalue weighted by molar-refractivity contribution is 0.101. The summed E-state index contributed by atoms with van der Waals surface area (Å²) in [6.07, 6.45) is 0. The first-order valence-electron chi connectivity index (χ1n) is 4.13. The Morgan fingerprint density at radius 1 is 1.54 bits per heavy atom. The van der Waals surface area contributed by atoms with Crippen LogP contribution >= 0.6 is 0 Å². The van der Waals surface area contributed by atoms with Crippen molar-refractivity contribution >= 4 is 5.78 Å². The SMILES string of the molecule is CC(=O)c1cc(=O)[nH]c(C(C)C)n1. The minimum atomic E-state index is -0.274. The topological polar surface area (TPSA) is 62.8 Å². The molecule has 0 bridgehead atoms. The Morgan fingerprint density at radius 3 is 2.62 bits per heavy atom. The zero-order valence-corrected chi connectivity index (χ0v) is 7.92. The summed E-state index contributed by atoms with van der Waals surface area (Å²) in [6, 6.07) is 1.22. The molecule has 0 unspecified atom stereocenters. The van der Waals surface area contributed by atoms with E-state index in [1.165, 1.54) is 13.0 Å². The number of hydrogen-bond acceptors (Lipinski definition) is 3. The summed E-state index contributed by atoms with van der Waals surface area (Å²) in [5.74, 6) is 0.484. The van der Waals surface area contributed by atoms with Gasteiger partial charge in [0, 0.05) is 18.9 Å². The van der Waals surface area contributed by atoms with Crippen LogP contribution in [0.25, 0.3) is 0 Å². The maximum absolute atomic E-state index is 11.1. The van der Waals surface area contributed by atoms with Crippen LogP contribution in [0.4, 0.5) is 0 Å². The molecule has 4 heteroatoms. The van der Waals surface area contributed by atoms with Crippen molar-refractivity contribution in [3.8, 4) is 0 Å². The zero-order chi connectivity index (χ0) is 10.0. The van der Waals surface area contributed by atoms with E-state index in [4.69, 9.17) is 0 Å². The second-order valence-electron chi connectivity index (χ2n) is 3.23. The van der Waals surface area contributed by atoms with Gasteiger partial charge in [-0.3, -0.25) is 9.59 Å². The van der Waals surface area contributed by atoms with E-state index in [0.29, 0.717) is 5.82 Å². The van der Waals surface area contributed by atoms with Crippen LogP contribution in [0, 0.1) is 0 Å². The lowest BCUT2D eigenvalue weighted by Gasteiger charge is -2.04. The molecule has 70 valence electrons. The van der Waals surface area contributed by atoms with Gasteiger partial charge in [-0.15, -0.1) is 0 Å². The third-order valence-corrected chi connectivity index (χ3v) is 1.67. The van der Waals surface area contributed by atoms with E-state index in [9.17, 15) is 9.59 Å². The monoisotopic (exact) mass is 180 g/mol. The van der Waals surface area contributed by atoms with Crippen molar-refractivity contribution in [3.63, 3.8) is 0 Å². The second kappa shape index (κ2) is 3.51. The van der Waals surface area contributed by atoms with Crippen molar-refractivity contribution < 1.29 is 4.79 Å². The molecule has 1 heterocycles. The van der Waals surface area contributed by atoms with Gasteiger partial charge in [0.2, 0.25) is 0 Å². The van der Waals surface area contributed by atoms with Gasteiger partial charge in [0.15, 0.2) is 5.78 Å². The summed E-state index contributed by atoms with van der Waals surface area (Å²) in [6.45, 7) is 5.20. The summed E-state index contributed by atoms with van der Waals surface area (Å²) < 4.78 is 0. The molecule has 0 spiro atoms. The molecule has 0 aliphatic rings. The number of rotatable bonds is 2. The van der Waals surface area contributed by atoms with Crippen LogP contribution in [0.2, 0.25) is 0 Å². The first-order valence-corrected chi connectivity index (χ1v) is 4.13. The van der Waals surface area contributed by atoms with Crippen molar-refractivity contribution in [3.05, 3.63) is 27.9 Å². The Morgan fingerprint density at radius 2 is 2.15 bits per heavy atom. The van der Waals surface area contributed by atoms with Gasteiger partial charge in [-0.05, 0) is 0 Å². The molecule has 0 aliphatic carbocycles. The molecule has 0 atom stereocenters. The van der Waals surface area contributed by atoms with Crippen molar-refractivity contribution in [1.29, 1.82) is 0 Å². The van der Waals surface area contributed by atoms with Crippen LogP contribution in [0.15, 0.2) is 10.9 Å². The van der Waals surface area contributed by atoms with Gasteiger partial charge in [0.05, 0.1) is 0 Å². The number of H-pyrrole nitrogens is 1. The van der Waals surface area contributed by atoms with Crippen molar-refractivity contribution in [2.24, 2.45) is 0 Å². The molecule has 1 N–H and O–H groups in total. The molecule has 0 amide bonds. The molecule has 4 nitrogen and oxygen atoms in total. The number of aromatic amines is 1. The summed E-state index contributed by atoms with van der Waals surface area (Å²) in [5.41, 5.74) is -0.0450. The lowest BCUT2D eigenvalue weighted by Crippen LogP contribution is -2.15. The van der Waals surface area contributed by atoms with E-state index >= 15 is 0 Å². The third-order valence-electron chi connectivity index (χ3n) is 1.67. The number of aromatic nitrogens is 2. The van der Waals surface area contributed by atoms with Gasteiger partial charge >= 0.3 is 0 Å². The number of carbonyl (C=O) groups excluding carboxylic acids is 1. The quantitative estimate of drug-likeness (QED) is 0.693. The number of ketones is 1. The van der Waals surface area contributed by atoms with E-state index in [2.05, 4.69) is 9.97 Å². The zero-order valence-electron chi connectivity index (χ0n) is 7.92. The first-order chi connectivity index (χ1) is 6.00. The maximum Gasteiger partial charge on any atom is 0.251 e. The largest absolute Gasteiger partial charge is 0.310 e. The molecule has 1 aromatic heterocycles. The van der Waals surface area contributed by atoms with E-state index in [0.717, 1.165) is 0 Å². The van der Waals surface area contributed by atoms with Crippen molar-refractivity contribution in [2.75, 3.05) is 0 Å². The smallest absolute Gasteiger partial charge is 0.251 e. The highest BCUT2D eigenvalue weighted by atomic mass is 16.1. The van der Waals surface area contributed by atoms with E-state index in [1.54, 1.807) is 0 Å². The molecule has 0 saturated carbocycles. The molecule has 0 aromatic carbocycles. The van der Waals surface area contributed by atoms with Crippen LogP contribution in [-0.4, -0.2) is 15.8 Å². The molecule has 0 fully saturated rings. The van der Waals surface area contributed by atoms with E-state index in [-0.39, 0.29) is 23.0 Å². The number of hydrogen-bond donors (Lipinski definition) is 1. The molecule has 0 aliphatic heterocycles. The normalized spacial score (nSPS) is 10.5. The van der Waals surface area contributed by atoms with Gasteiger partial charge in [0.25, 0.3) is 5.56 Å². The predicted octanol–water partition coefficient (Wildman–Crippen LogP) is 1.10. The fourth-order valence-corrected chi connectivity index (χ4v) is 0.930. The Balaban J connectivity index is 3.27. The molecule has 0 radical (unpaired) electrons. The van der Waals surface area contributed by atoms with Crippen LogP contribution < -0.4 is 5.56 Å². The highest BCUT2D eigenvalue weighted by Gasteiger charge is 2.07. The van der Waals surface area contributed by atoms with Crippen LogP contribution in [-0.2, 0) is 0 Å². The van der Waals surface area contributed by atoms with Gasteiger partial charge in [0.1, 0.15) is 11.5 Å². The summed E-state index contributed by atoms with van der Waals surface area (Å²) >= 11 is 0. The Hall–Kier alpha value is -1.45. The number of nitrogens with zero attached hydrogens (tertiary/aromatic N) is 1. The number of carbonyl (C=O) groups is 1.